The monoisotopic (exact) mass is 501 g/mol. The van der Waals surface area contributed by atoms with E-state index in [1.165, 1.54) is 11.1 Å². The van der Waals surface area contributed by atoms with Gasteiger partial charge in [-0.25, -0.2) is 4.68 Å². The van der Waals surface area contributed by atoms with Crippen molar-refractivity contribution in [1.29, 1.82) is 0 Å². The van der Waals surface area contributed by atoms with Crippen LogP contribution in [0.4, 0.5) is 0 Å². The summed E-state index contributed by atoms with van der Waals surface area (Å²) in [5, 5.41) is 3.33. The average molecular weight is 502 g/mol. The molecule has 5 heteroatoms. The number of nitrogens with zero attached hydrogens (tertiary/aromatic N) is 2. The lowest BCUT2D eigenvalue weighted by molar-refractivity contribution is 0.414. The smallest absolute Gasteiger partial charge is 0.280 e. The predicted molar refractivity (Wildman–Crippen MR) is 155 cm³/mol. The molecule has 5 nitrogen and oxygen atoms in total. The number of aromatic nitrogens is 2. The maximum Gasteiger partial charge on any atom is 0.280 e. The number of rotatable bonds is 9. The Morgan fingerprint density at radius 2 is 1.37 bits per heavy atom. The summed E-state index contributed by atoms with van der Waals surface area (Å²) in [6, 6.07) is 38.4. The molecule has 0 spiro atoms. The Bertz CT molecular complexity index is 1510. The lowest BCUT2D eigenvalue weighted by atomic mass is 9.88. The number of nitrogens with one attached hydrogen (secondary N) is 1. The predicted octanol–water partition coefficient (Wildman–Crippen LogP) is 6.87. The minimum absolute atomic E-state index is 0.127. The van der Waals surface area contributed by atoms with Crippen LogP contribution < -0.4 is 10.3 Å². The van der Waals surface area contributed by atoms with Gasteiger partial charge in [-0.3, -0.25) is 14.9 Å². The fraction of sp³-hybridized carbons (Fsp3) is 0.152. The van der Waals surface area contributed by atoms with E-state index in [1.807, 2.05) is 73.7 Å². The van der Waals surface area contributed by atoms with Gasteiger partial charge >= 0.3 is 0 Å². The molecule has 0 radical (unpaired) electrons. The summed E-state index contributed by atoms with van der Waals surface area (Å²) in [6.45, 7) is 2.52. The lowest BCUT2D eigenvalue weighted by Crippen LogP contribution is -2.20. The van der Waals surface area contributed by atoms with Crippen LogP contribution in [0.25, 0.3) is 16.9 Å². The highest BCUT2D eigenvalue weighted by atomic mass is 16.5. The highest BCUT2D eigenvalue weighted by Gasteiger charge is 2.20. The van der Waals surface area contributed by atoms with Crippen molar-refractivity contribution in [1.82, 2.24) is 9.78 Å². The topological polar surface area (TPSA) is 59.4 Å². The van der Waals surface area contributed by atoms with Crippen LogP contribution in [0.15, 0.2) is 125 Å². The van der Waals surface area contributed by atoms with Crippen LogP contribution in [-0.4, -0.2) is 29.1 Å². The van der Waals surface area contributed by atoms with Gasteiger partial charge in [0.2, 0.25) is 0 Å². The zero-order valence-electron chi connectivity index (χ0n) is 21.7. The zero-order valence-corrected chi connectivity index (χ0v) is 21.7. The zero-order chi connectivity index (χ0) is 26.3. The third-order valence-electron chi connectivity index (χ3n) is 6.82. The molecule has 1 heterocycles. The number of H-pyrrole nitrogens is 1. The molecule has 5 rings (SSSR count). The van der Waals surface area contributed by atoms with Gasteiger partial charge < -0.3 is 4.74 Å². The number of methoxy groups -OCH3 is 1. The first-order chi connectivity index (χ1) is 18.7. The molecule has 38 heavy (non-hydrogen) atoms. The standard InChI is InChI=1S/C33H31N3O2/c1-24(34-23-22-30(25-12-6-3-7-13-25)26-14-8-4-9-15-26)31-32(27-16-10-5-11-17-27)35-36(33(31)37)28-18-20-29(38-2)21-19-28/h3-21,30,35H,22-23H2,1-2H3. The summed E-state index contributed by atoms with van der Waals surface area (Å²) in [5.41, 5.74) is 6.14. The summed E-state index contributed by atoms with van der Waals surface area (Å²) in [7, 11) is 1.63. The molecule has 190 valence electrons. The first kappa shape index (κ1) is 25.0. The summed E-state index contributed by atoms with van der Waals surface area (Å²) in [4.78, 5) is 18.6. The van der Waals surface area contributed by atoms with Crippen LogP contribution in [0, 0.1) is 0 Å². The second-order valence-corrected chi connectivity index (χ2v) is 9.20. The van der Waals surface area contributed by atoms with E-state index in [-0.39, 0.29) is 11.5 Å². The Labute approximate surface area is 223 Å². The van der Waals surface area contributed by atoms with Crippen molar-refractivity contribution in [3.63, 3.8) is 0 Å². The van der Waals surface area contributed by atoms with Crippen molar-refractivity contribution in [2.24, 2.45) is 4.99 Å². The van der Waals surface area contributed by atoms with Gasteiger partial charge in [0, 0.05) is 23.7 Å². The largest absolute Gasteiger partial charge is 0.497 e. The van der Waals surface area contributed by atoms with Gasteiger partial charge in [0.25, 0.3) is 5.56 Å². The van der Waals surface area contributed by atoms with E-state index in [4.69, 9.17) is 9.73 Å². The van der Waals surface area contributed by atoms with Crippen molar-refractivity contribution in [3.8, 4) is 22.7 Å². The maximum absolute atomic E-state index is 13.7. The van der Waals surface area contributed by atoms with Crippen molar-refractivity contribution < 1.29 is 4.74 Å². The van der Waals surface area contributed by atoms with E-state index < -0.39 is 0 Å². The molecule has 0 aliphatic carbocycles. The quantitative estimate of drug-likeness (QED) is 0.224. The van der Waals surface area contributed by atoms with E-state index in [0.29, 0.717) is 12.1 Å². The average Bonchev–Trinajstić information content (AvgIpc) is 3.33. The lowest BCUT2D eigenvalue weighted by Gasteiger charge is -2.17. The van der Waals surface area contributed by atoms with Crippen molar-refractivity contribution in [2.45, 2.75) is 19.3 Å². The van der Waals surface area contributed by atoms with E-state index >= 15 is 0 Å². The minimum Gasteiger partial charge on any atom is -0.497 e. The molecular weight excluding hydrogens is 470 g/mol. The number of aliphatic imine (C=N–C) groups is 1. The Kier molecular flexibility index (Phi) is 7.65. The molecule has 0 saturated heterocycles. The van der Waals surface area contributed by atoms with Crippen molar-refractivity contribution in [2.75, 3.05) is 13.7 Å². The molecule has 1 aromatic heterocycles. The van der Waals surface area contributed by atoms with Crippen LogP contribution in [-0.2, 0) is 0 Å². The van der Waals surface area contributed by atoms with Gasteiger partial charge in [-0.2, -0.15) is 0 Å². The first-order valence-corrected chi connectivity index (χ1v) is 12.8. The van der Waals surface area contributed by atoms with Crippen LogP contribution in [0.3, 0.4) is 0 Å². The number of hydrogen-bond acceptors (Lipinski definition) is 3. The molecule has 4 aromatic carbocycles. The fourth-order valence-corrected chi connectivity index (χ4v) is 4.84. The van der Waals surface area contributed by atoms with Crippen molar-refractivity contribution in [3.05, 3.63) is 142 Å². The molecule has 0 amide bonds. The molecule has 1 N–H and O–H groups in total. The third-order valence-corrected chi connectivity index (χ3v) is 6.82. The minimum atomic E-state index is -0.127. The summed E-state index contributed by atoms with van der Waals surface area (Å²) in [5.74, 6) is 0.964. The summed E-state index contributed by atoms with van der Waals surface area (Å²) >= 11 is 0. The number of ether oxygens (including phenoxy) is 1. The second kappa shape index (κ2) is 11.6. The van der Waals surface area contributed by atoms with Gasteiger partial charge in [-0.15, -0.1) is 0 Å². The summed E-state index contributed by atoms with van der Waals surface area (Å²) in [6.07, 6.45) is 0.836. The third kappa shape index (κ3) is 5.37. The van der Waals surface area contributed by atoms with Gasteiger partial charge in [0.05, 0.1) is 24.1 Å². The van der Waals surface area contributed by atoms with Crippen molar-refractivity contribution >= 4 is 5.71 Å². The molecule has 0 aliphatic rings. The number of benzene rings is 4. The fourth-order valence-electron chi connectivity index (χ4n) is 4.84. The van der Waals surface area contributed by atoms with Crippen LogP contribution >= 0.6 is 0 Å². The second-order valence-electron chi connectivity index (χ2n) is 9.20. The highest BCUT2D eigenvalue weighted by molar-refractivity contribution is 6.03. The van der Waals surface area contributed by atoms with Gasteiger partial charge in [0.1, 0.15) is 5.75 Å². The van der Waals surface area contributed by atoms with Crippen LogP contribution in [0.5, 0.6) is 5.75 Å². The molecule has 0 aliphatic heterocycles. The van der Waals surface area contributed by atoms with Gasteiger partial charge in [-0.05, 0) is 48.7 Å². The van der Waals surface area contributed by atoms with Gasteiger partial charge in [0.15, 0.2) is 0 Å². The first-order valence-electron chi connectivity index (χ1n) is 12.8. The summed E-state index contributed by atoms with van der Waals surface area (Å²) < 4.78 is 6.86. The molecule has 0 saturated carbocycles. The van der Waals surface area contributed by atoms with Crippen LogP contribution in [0.1, 0.15) is 36.0 Å². The van der Waals surface area contributed by atoms with E-state index in [0.717, 1.165) is 34.8 Å². The van der Waals surface area contributed by atoms with E-state index in [1.54, 1.807) is 11.8 Å². The number of aromatic amines is 1. The molecule has 0 fully saturated rings. The highest BCUT2D eigenvalue weighted by Crippen LogP contribution is 2.28. The molecule has 5 aromatic rings. The maximum atomic E-state index is 13.7. The molecule has 0 bridgehead atoms. The van der Waals surface area contributed by atoms with Crippen LogP contribution in [0.2, 0.25) is 0 Å². The molecule has 0 unspecified atom stereocenters. The Balaban J connectivity index is 1.49. The Hall–Kier alpha value is -4.64. The normalized spacial score (nSPS) is 11.6. The molecular formula is C33H31N3O2. The van der Waals surface area contributed by atoms with E-state index in [9.17, 15) is 4.79 Å². The number of hydrogen-bond donors (Lipinski definition) is 1. The van der Waals surface area contributed by atoms with E-state index in [2.05, 4.69) is 53.6 Å². The molecule has 0 atom stereocenters. The Morgan fingerprint density at radius 1 is 0.816 bits per heavy atom. The Morgan fingerprint density at radius 3 is 1.92 bits per heavy atom. The SMILES string of the molecule is COc1ccc(-n2[nH]c(-c3ccccc3)c(C(C)=NCCC(c3ccccc3)c3ccccc3)c2=O)cc1. The van der Waals surface area contributed by atoms with Gasteiger partial charge in [-0.1, -0.05) is 91.0 Å².